The van der Waals surface area contributed by atoms with Crippen LogP contribution in [0.15, 0.2) is 0 Å². The van der Waals surface area contributed by atoms with Crippen molar-refractivity contribution in [3.8, 4) is 0 Å². The van der Waals surface area contributed by atoms with Gasteiger partial charge in [0.15, 0.2) is 6.10 Å². The molecule has 0 bridgehead atoms. The lowest BCUT2D eigenvalue weighted by molar-refractivity contribution is -0.870. The van der Waals surface area contributed by atoms with E-state index >= 15 is 0 Å². The molecule has 0 aliphatic heterocycles. The van der Waals surface area contributed by atoms with E-state index in [0.29, 0.717) is 17.4 Å². The molecule has 0 fully saturated rings. The first kappa shape index (κ1) is 49.0. The highest BCUT2D eigenvalue weighted by Gasteiger charge is 2.21. The van der Waals surface area contributed by atoms with Crippen LogP contribution in [-0.4, -0.2) is 70.0 Å². The quantitative estimate of drug-likeness (QED) is 0.0267. The molecule has 0 saturated heterocycles. The van der Waals surface area contributed by atoms with Gasteiger partial charge in [-0.05, 0) is 12.8 Å². The third kappa shape index (κ3) is 36.8. The molecule has 0 amide bonds. The topological polar surface area (TPSA) is 111 Å². The number of phosphoric ester groups is 1. The summed E-state index contributed by atoms with van der Waals surface area (Å²) < 4.78 is 33.7. The number of carbonyl (C=O) groups excluding carboxylic acids is 2. The fourth-order valence-electron chi connectivity index (χ4n) is 5.83. The molecule has 0 saturated carbocycles. The molecule has 1 unspecified atom stereocenters. The van der Waals surface area contributed by atoms with E-state index in [2.05, 4.69) is 13.8 Å². The number of quaternary nitrogens is 1. The van der Waals surface area contributed by atoms with E-state index in [0.717, 1.165) is 38.5 Å². The molecule has 0 aliphatic rings. The highest BCUT2D eigenvalue weighted by Crippen LogP contribution is 2.38. The number of esters is 2. The molecule has 10 heteroatoms. The van der Waals surface area contributed by atoms with E-state index in [1.54, 1.807) is 0 Å². The number of phosphoric acid groups is 1. The predicted octanol–water partition coefficient (Wildman–Crippen LogP) is 10.6. The molecule has 0 heterocycles. The molecular weight excluding hydrogens is 653 g/mol. The minimum absolute atomic E-state index is 0.0264. The number of rotatable bonds is 38. The Labute approximate surface area is 308 Å². The summed E-state index contributed by atoms with van der Waals surface area (Å²) in [7, 11) is 1.18. The molecule has 0 aromatic heterocycles. The molecule has 0 aromatic carbocycles. The fourth-order valence-corrected chi connectivity index (χ4v) is 6.56. The summed E-state index contributed by atoms with van der Waals surface area (Å²) in [5.74, 6) is -0.830. The van der Waals surface area contributed by atoms with Crippen LogP contribution < -0.4 is 4.89 Å². The lowest BCUT2D eigenvalue weighted by atomic mass is 10.0. The molecular formula is C40H80NO8P. The minimum atomic E-state index is -4.60. The standard InChI is InChI=1S/C40H80NO8P/c1-6-8-10-12-14-15-16-17-18-19-20-21-22-23-24-25-27-28-30-32-39(42)46-36-38(37-48-50(44,45)47-35-34-41(3,4)5)49-40(43)33-31-29-26-13-11-9-7-2/h38H,6-37H2,1-5H3/t38-/m0/s1. The van der Waals surface area contributed by atoms with Gasteiger partial charge in [0.2, 0.25) is 0 Å². The van der Waals surface area contributed by atoms with Gasteiger partial charge in [0, 0.05) is 12.8 Å². The van der Waals surface area contributed by atoms with Crippen molar-refractivity contribution in [2.24, 2.45) is 0 Å². The smallest absolute Gasteiger partial charge is 0.306 e. The highest BCUT2D eigenvalue weighted by atomic mass is 31.2. The number of hydrogen-bond donors (Lipinski definition) is 0. The van der Waals surface area contributed by atoms with E-state index in [1.807, 2.05) is 21.1 Å². The van der Waals surface area contributed by atoms with Gasteiger partial charge in [0.05, 0.1) is 27.7 Å². The zero-order valence-electron chi connectivity index (χ0n) is 33.4. The van der Waals surface area contributed by atoms with Crippen LogP contribution in [-0.2, 0) is 32.7 Å². The van der Waals surface area contributed by atoms with Crippen molar-refractivity contribution in [2.75, 3.05) is 47.5 Å². The van der Waals surface area contributed by atoms with Crippen molar-refractivity contribution in [3.63, 3.8) is 0 Å². The summed E-state index contributed by atoms with van der Waals surface area (Å²) in [5.41, 5.74) is 0. The predicted molar refractivity (Wildman–Crippen MR) is 204 cm³/mol. The second-order valence-electron chi connectivity index (χ2n) is 15.4. The SMILES string of the molecule is CCCCCCCCCCCCCCCCCCCCCC(=O)OC[C@@H](COP(=O)([O-])OCC[N+](C)(C)C)OC(=O)CCCCCCCCC. The van der Waals surface area contributed by atoms with Crippen LogP contribution in [0, 0.1) is 0 Å². The maximum absolute atomic E-state index is 12.5. The summed E-state index contributed by atoms with van der Waals surface area (Å²) in [6, 6.07) is 0. The van der Waals surface area contributed by atoms with Crippen LogP contribution in [0.1, 0.15) is 194 Å². The van der Waals surface area contributed by atoms with Crippen molar-refractivity contribution >= 4 is 19.8 Å². The first-order valence-electron chi connectivity index (χ1n) is 20.7. The molecule has 0 spiro atoms. The molecule has 2 atom stereocenters. The zero-order valence-corrected chi connectivity index (χ0v) is 34.3. The fraction of sp³-hybridized carbons (Fsp3) is 0.950. The van der Waals surface area contributed by atoms with Gasteiger partial charge in [-0.1, -0.05) is 168 Å². The van der Waals surface area contributed by atoms with Gasteiger partial charge in [0.25, 0.3) is 7.82 Å². The highest BCUT2D eigenvalue weighted by molar-refractivity contribution is 7.45. The number of carbonyl (C=O) groups is 2. The number of unbranched alkanes of at least 4 members (excludes halogenated alkanes) is 24. The number of nitrogens with zero attached hydrogens (tertiary/aromatic N) is 1. The maximum atomic E-state index is 12.5. The van der Waals surface area contributed by atoms with Gasteiger partial charge < -0.3 is 27.9 Å². The van der Waals surface area contributed by atoms with E-state index in [4.69, 9.17) is 18.5 Å². The van der Waals surface area contributed by atoms with Crippen LogP contribution in [0.5, 0.6) is 0 Å². The number of ether oxygens (including phenoxy) is 2. The molecule has 9 nitrogen and oxygen atoms in total. The first-order chi connectivity index (χ1) is 24.0. The Morgan fingerprint density at radius 1 is 0.540 bits per heavy atom. The molecule has 0 aromatic rings. The number of likely N-dealkylation sites (N-methyl/N-ethyl adjacent to an activating group) is 1. The summed E-state index contributed by atoms with van der Waals surface area (Å²) in [5, 5.41) is 0. The van der Waals surface area contributed by atoms with Gasteiger partial charge in [0.1, 0.15) is 19.8 Å². The van der Waals surface area contributed by atoms with Crippen LogP contribution >= 0.6 is 7.82 Å². The van der Waals surface area contributed by atoms with Crippen molar-refractivity contribution in [1.29, 1.82) is 0 Å². The van der Waals surface area contributed by atoms with Crippen molar-refractivity contribution in [2.45, 2.75) is 200 Å². The minimum Gasteiger partial charge on any atom is -0.756 e. The lowest BCUT2D eigenvalue weighted by Gasteiger charge is -2.28. The Hall–Kier alpha value is -0.990. The zero-order chi connectivity index (χ0) is 37.2. The molecule has 50 heavy (non-hydrogen) atoms. The largest absolute Gasteiger partial charge is 0.756 e. The van der Waals surface area contributed by atoms with Gasteiger partial charge in [-0.3, -0.25) is 14.2 Å². The Morgan fingerprint density at radius 2 is 0.900 bits per heavy atom. The van der Waals surface area contributed by atoms with Crippen LogP contribution in [0.3, 0.4) is 0 Å². The second-order valence-corrected chi connectivity index (χ2v) is 16.8. The van der Waals surface area contributed by atoms with Crippen molar-refractivity contribution in [3.05, 3.63) is 0 Å². The molecule has 0 N–H and O–H groups in total. The number of hydrogen-bond acceptors (Lipinski definition) is 8. The third-order valence-corrected chi connectivity index (χ3v) is 10.1. The summed E-state index contributed by atoms with van der Waals surface area (Å²) in [4.78, 5) is 37.2. The first-order valence-corrected chi connectivity index (χ1v) is 22.2. The van der Waals surface area contributed by atoms with Crippen LogP contribution in [0.25, 0.3) is 0 Å². The monoisotopic (exact) mass is 734 g/mol. The average molecular weight is 734 g/mol. The summed E-state index contributed by atoms with van der Waals surface area (Å²) >= 11 is 0. The molecule has 0 aliphatic carbocycles. The summed E-state index contributed by atoms with van der Waals surface area (Å²) in [6.45, 7) is 4.19. The van der Waals surface area contributed by atoms with Gasteiger partial charge in [-0.15, -0.1) is 0 Å². The molecule has 298 valence electrons. The van der Waals surface area contributed by atoms with E-state index in [9.17, 15) is 19.0 Å². The van der Waals surface area contributed by atoms with E-state index < -0.39 is 26.5 Å². The Morgan fingerprint density at radius 3 is 1.28 bits per heavy atom. The lowest BCUT2D eigenvalue weighted by Crippen LogP contribution is -2.37. The second kappa shape index (κ2) is 33.8. The Balaban J connectivity index is 4.17. The van der Waals surface area contributed by atoms with Gasteiger partial charge >= 0.3 is 11.9 Å². The van der Waals surface area contributed by atoms with Gasteiger partial charge in [-0.2, -0.15) is 0 Å². The summed E-state index contributed by atoms with van der Waals surface area (Å²) in [6.07, 6.45) is 31.5. The maximum Gasteiger partial charge on any atom is 0.306 e. The van der Waals surface area contributed by atoms with E-state index in [-0.39, 0.29) is 32.0 Å². The van der Waals surface area contributed by atoms with Crippen LogP contribution in [0.2, 0.25) is 0 Å². The Kier molecular flexibility index (Phi) is 33.2. The molecule has 0 rings (SSSR count). The van der Waals surface area contributed by atoms with Crippen molar-refractivity contribution in [1.82, 2.24) is 0 Å². The normalized spacial score (nSPS) is 13.6. The average Bonchev–Trinajstić information content (AvgIpc) is 3.06. The van der Waals surface area contributed by atoms with E-state index in [1.165, 1.54) is 122 Å². The van der Waals surface area contributed by atoms with Crippen LogP contribution in [0.4, 0.5) is 0 Å². The Bertz CT molecular complexity index is 835. The molecule has 0 radical (unpaired) electrons. The van der Waals surface area contributed by atoms with Crippen molar-refractivity contribution < 1.29 is 42.1 Å². The third-order valence-electron chi connectivity index (χ3n) is 9.13. The van der Waals surface area contributed by atoms with Gasteiger partial charge in [-0.25, -0.2) is 0 Å².